The van der Waals surface area contributed by atoms with Crippen LogP contribution in [0.3, 0.4) is 0 Å². The van der Waals surface area contributed by atoms with Crippen molar-refractivity contribution in [2.75, 3.05) is 18.5 Å². The van der Waals surface area contributed by atoms with Gasteiger partial charge in [-0.2, -0.15) is 0 Å². The fourth-order valence-corrected chi connectivity index (χ4v) is 1.82. The third-order valence-corrected chi connectivity index (χ3v) is 2.82. The molecule has 1 fully saturated rings. The largest absolute Gasteiger partial charge is 0.388 e. The maximum atomic E-state index is 13.4. The molecule has 0 radical (unpaired) electrons. The van der Waals surface area contributed by atoms with Gasteiger partial charge in [-0.15, -0.1) is 0 Å². The third kappa shape index (κ3) is 2.48. The van der Waals surface area contributed by atoms with Gasteiger partial charge in [-0.25, -0.2) is 4.39 Å². The van der Waals surface area contributed by atoms with E-state index in [1.807, 2.05) is 0 Å². The van der Waals surface area contributed by atoms with E-state index in [0.717, 1.165) is 0 Å². The van der Waals surface area contributed by atoms with Crippen LogP contribution in [0, 0.1) is 5.82 Å². The van der Waals surface area contributed by atoms with Crippen molar-refractivity contribution in [3.63, 3.8) is 0 Å². The van der Waals surface area contributed by atoms with Gasteiger partial charge in [0.1, 0.15) is 5.82 Å². The maximum Gasteiger partial charge on any atom is 0.147 e. The van der Waals surface area contributed by atoms with Gasteiger partial charge in [0.2, 0.25) is 0 Å². The smallest absolute Gasteiger partial charge is 0.147 e. The SMILES string of the molecule is O[C@H]1COC[C@@H]1Nc1ccc(Br)cc1F. The van der Waals surface area contributed by atoms with E-state index in [4.69, 9.17) is 4.74 Å². The number of anilines is 1. The Morgan fingerprint density at radius 1 is 1.47 bits per heavy atom. The third-order valence-electron chi connectivity index (χ3n) is 2.32. The zero-order valence-corrected chi connectivity index (χ0v) is 9.50. The first-order chi connectivity index (χ1) is 7.16. The molecule has 3 nitrogen and oxygen atoms in total. The van der Waals surface area contributed by atoms with E-state index in [1.54, 1.807) is 12.1 Å². The standard InChI is InChI=1S/C10H11BrFNO2/c11-6-1-2-8(7(12)3-6)13-9-4-15-5-10(9)14/h1-3,9-10,13-14H,4-5H2/t9-,10-/m0/s1. The number of rotatable bonds is 2. The van der Waals surface area contributed by atoms with Crippen LogP contribution in [0.25, 0.3) is 0 Å². The maximum absolute atomic E-state index is 13.4. The van der Waals surface area contributed by atoms with Crippen molar-refractivity contribution >= 4 is 21.6 Å². The highest BCUT2D eigenvalue weighted by molar-refractivity contribution is 9.10. The lowest BCUT2D eigenvalue weighted by molar-refractivity contribution is 0.125. The monoisotopic (exact) mass is 275 g/mol. The topological polar surface area (TPSA) is 41.5 Å². The number of aliphatic hydroxyl groups is 1. The van der Waals surface area contributed by atoms with Gasteiger partial charge in [0.15, 0.2) is 0 Å². The summed E-state index contributed by atoms with van der Waals surface area (Å²) in [4.78, 5) is 0. The molecule has 1 aliphatic heterocycles. The Hall–Kier alpha value is -0.650. The molecular formula is C10H11BrFNO2. The van der Waals surface area contributed by atoms with Gasteiger partial charge >= 0.3 is 0 Å². The lowest BCUT2D eigenvalue weighted by Crippen LogP contribution is -2.32. The summed E-state index contributed by atoms with van der Waals surface area (Å²) in [6.45, 7) is 0.701. The molecule has 0 spiro atoms. The molecule has 0 amide bonds. The number of nitrogens with one attached hydrogen (secondary N) is 1. The highest BCUT2D eigenvalue weighted by atomic mass is 79.9. The summed E-state index contributed by atoms with van der Waals surface area (Å²) in [5.41, 5.74) is 0.382. The van der Waals surface area contributed by atoms with Crippen LogP contribution < -0.4 is 5.32 Å². The summed E-state index contributed by atoms with van der Waals surface area (Å²) in [5, 5.41) is 12.4. The Kier molecular flexibility index (Phi) is 3.23. The average molecular weight is 276 g/mol. The van der Waals surface area contributed by atoms with Crippen LogP contribution in [0.1, 0.15) is 0 Å². The van der Waals surface area contributed by atoms with Crippen molar-refractivity contribution < 1.29 is 14.2 Å². The van der Waals surface area contributed by atoms with Crippen LogP contribution in [-0.2, 0) is 4.74 Å². The average Bonchev–Trinajstić information content (AvgIpc) is 2.57. The van der Waals surface area contributed by atoms with Gasteiger partial charge in [-0.05, 0) is 18.2 Å². The molecule has 2 N–H and O–H groups in total. The fraction of sp³-hybridized carbons (Fsp3) is 0.400. The van der Waals surface area contributed by atoms with E-state index in [-0.39, 0.29) is 11.9 Å². The predicted molar refractivity (Wildman–Crippen MR) is 58.3 cm³/mol. The molecule has 1 aromatic carbocycles. The van der Waals surface area contributed by atoms with E-state index >= 15 is 0 Å². The predicted octanol–water partition coefficient (Wildman–Crippen LogP) is 1.76. The molecule has 15 heavy (non-hydrogen) atoms. The number of halogens is 2. The van der Waals surface area contributed by atoms with E-state index in [1.165, 1.54) is 6.07 Å². The Morgan fingerprint density at radius 2 is 2.27 bits per heavy atom. The van der Waals surface area contributed by atoms with Gasteiger partial charge in [0.25, 0.3) is 0 Å². The second-order valence-corrected chi connectivity index (χ2v) is 4.40. The van der Waals surface area contributed by atoms with Crippen molar-refractivity contribution in [1.82, 2.24) is 0 Å². The molecular weight excluding hydrogens is 265 g/mol. The van der Waals surface area contributed by atoms with Crippen LogP contribution in [0.15, 0.2) is 22.7 Å². The van der Waals surface area contributed by atoms with E-state index in [2.05, 4.69) is 21.2 Å². The molecule has 0 aromatic heterocycles. The van der Waals surface area contributed by atoms with E-state index in [0.29, 0.717) is 23.4 Å². The van der Waals surface area contributed by atoms with Crippen LogP contribution in [0.2, 0.25) is 0 Å². The normalized spacial score (nSPS) is 25.5. The minimum absolute atomic E-state index is 0.235. The van der Waals surface area contributed by atoms with Crippen LogP contribution in [0.5, 0.6) is 0 Å². The minimum Gasteiger partial charge on any atom is -0.388 e. The Morgan fingerprint density at radius 3 is 2.87 bits per heavy atom. The van der Waals surface area contributed by atoms with Crippen molar-refractivity contribution in [3.8, 4) is 0 Å². The molecule has 1 heterocycles. The van der Waals surface area contributed by atoms with Gasteiger partial charge in [0.05, 0.1) is 31.0 Å². The van der Waals surface area contributed by atoms with Crippen molar-refractivity contribution in [2.24, 2.45) is 0 Å². The molecule has 0 aliphatic carbocycles. The molecule has 1 aromatic rings. The molecule has 2 rings (SSSR count). The number of ether oxygens (including phenoxy) is 1. The summed E-state index contributed by atoms with van der Waals surface area (Å²) >= 11 is 3.18. The molecule has 2 atom stereocenters. The van der Waals surface area contributed by atoms with Gasteiger partial charge in [-0.1, -0.05) is 15.9 Å². The summed E-state index contributed by atoms with van der Waals surface area (Å²) in [6, 6.07) is 4.52. The van der Waals surface area contributed by atoms with Crippen LogP contribution >= 0.6 is 15.9 Å². The van der Waals surface area contributed by atoms with E-state index in [9.17, 15) is 9.50 Å². The summed E-state index contributed by atoms with van der Waals surface area (Å²) in [7, 11) is 0. The van der Waals surface area contributed by atoms with Crippen molar-refractivity contribution in [3.05, 3.63) is 28.5 Å². The van der Waals surface area contributed by atoms with Crippen molar-refractivity contribution in [2.45, 2.75) is 12.1 Å². The number of benzene rings is 1. The van der Waals surface area contributed by atoms with Gasteiger partial charge in [0, 0.05) is 4.47 Å². The lowest BCUT2D eigenvalue weighted by atomic mass is 10.2. The molecule has 0 bridgehead atoms. The highest BCUT2D eigenvalue weighted by Crippen LogP contribution is 2.21. The van der Waals surface area contributed by atoms with Crippen LogP contribution in [-0.4, -0.2) is 30.5 Å². The number of hydrogen-bond acceptors (Lipinski definition) is 3. The highest BCUT2D eigenvalue weighted by Gasteiger charge is 2.26. The molecule has 1 aliphatic rings. The van der Waals surface area contributed by atoms with Gasteiger partial charge < -0.3 is 15.2 Å². The summed E-state index contributed by atoms with van der Waals surface area (Å²) < 4.78 is 19.2. The Bertz CT molecular complexity index is 361. The quantitative estimate of drug-likeness (QED) is 0.864. The lowest BCUT2D eigenvalue weighted by Gasteiger charge is -2.16. The number of aliphatic hydroxyl groups excluding tert-OH is 1. The molecule has 0 unspecified atom stereocenters. The Labute approximate surface area is 95.4 Å². The second kappa shape index (κ2) is 4.47. The van der Waals surface area contributed by atoms with E-state index < -0.39 is 6.10 Å². The summed E-state index contributed by atoms with van der Waals surface area (Å²) in [5.74, 6) is -0.344. The Balaban J connectivity index is 2.10. The zero-order chi connectivity index (χ0) is 10.8. The first-order valence-corrected chi connectivity index (χ1v) is 5.43. The number of hydrogen-bond donors (Lipinski definition) is 2. The minimum atomic E-state index is -0.576. The molecule has 0 saturated carbocycles. The van der Waals surface area contributed by atoms with Crippen LogP contribution in [0.4, 0.5) is 10.1 Å². The van der Waals surface area contributed by atoms with Crippen molar-refractivity contribution in [1.29, 1.82) is 0 Å². The van der Waals surface area contributed by atoms with Gasteiger partial charge in [-0.3, -0.25) is 0 Å². The second-order valence-electron chi connectivity index (χ2n) is 3.48. The summed E-state index contributed by atoms with van der Waals surface area (Å²) in [6.07, 6.45) is -0.576. The first-order valence-electron chi connectivity index (χ1n) is 4.64. The molecule has 82 valence electrons. The molecule has 1 saturated heterocycles. The zero-order valence-electron chi connectivity index (χ0n) is 7.91. The molecule has 5 heteroatoms. The first kappa shape index (κ1) is 10.9. The fourth-order valence-electron chi connectivity index (χ4n) is 1.49.